The standard InChI is InChI=1S/C15H12BrNO2/c16-12-6-2-1-5-11(12)9-17-13-7-3-4-8-14(13)19-10-15(17)18/h1-8H,9-10H2. The third kappa shape index (κ3) is 2.36. The molecule has 0 N–H and O–H groups in total. The molecular formula is C15H12BrNO2. The second-order valence-electron chi connectivity index (χ2n) is 4.33. The van der Waals surface area contributed by atoms with E-state index < -0.39 is 0 Å². The first-order chi connectivity index (χ1) is 9.25. The number of carbonyl (C=O) groups excluding carboxylic acids is 1. The van der Waals surface area contributed by atoms with Crippen LogP contribution < -0.4 is 9.64 Å². The SMILES string of the molecule is O=C1COc2ccccc2N1Cc1ccccc1Br. The van der Waals surface area contributed by atoms with Crippen LogP contribution in [0, 0.1) is 0 Å². The number of para-hydroxylation sites is 2. The maximum atomic E-state index is 12.1. The molecule has 0 unspecified atom stereocenters. The molecule has 1 amide bonds. The lowest BCUT2D eigenvalue weighted by molar-refractivity contribution is -0.121. The molecule has 1 heterocycles. The minimum absolute atomic E-state index is 0.0190. The zero-order valence-corrected chi connectivity index (χ0v) is 11.8. The summed E-state index contributed by atoms with van der Waals surface area (Å²) >= 11 is 3.51. The van der Waals surface area contributed by atoms with Crippen molar-refractivity contribution in [2.24, 2.45) is 0 Å². The Kier molecular flexibility index (Phi) is 3.25. The fourth-order valence-electron chi connectivity index (χ4n) is 2.12. The first-order valence-corrected chi connectivity index (χ1v) is 6.80. The van der Waals surface area contributed by atoms with E-state index in [1.54, 1.807) is 4.90 Å². The van der Waals surface area contributed by atoms with Crippen LogP contribution in [-0.2, 0) is 11.3 Å². The van der Waals surface area contributed by atoms with Gasteiger partial charge in [-0.1, -0.05) is 46.3 Å². The van der Waals surface area contributed by atoms with E-state index in [2.05, 4.69) is 15.9 Å². The average Bonchev–Trinajstić information content (AvgIpc) is 2.44. The highest BCUT2D eigenvalue weighted by Crippen LogP contribution is 2.33. The highest BCUT2D eigenvalue weighted by Gasteiger charge is 2.25. The van der Waals surface area contributed by atoms with Gasteiger partial charge in [0.2, 0.25) is 0 Å². The van der Waals surface area contributed by atoms with Crippen LogP contribution in [0.3, 0.4) is 0 Å². The van der Waals surface area contributed by atoms with Gasteiger partial charge in [-0.15, -0.1) is 0 Å². The zero-order chi connectivity index (χ0) is 13.2. The van der Waals surface area contributed by atoms with E-state index in [1.807, 2.05) is 48.5 Å². The molecule has 2 aromatic rings. The van der Waals surface area contributed by atoms with Gasteiger partial charge < -0.3 is 9.64 Å². The number of benzene rings is 2. The maximum Gasteiger partial charge on any atom is 0.265 e. The Bertz CT molecular complexity index is 627. The van der Waals surface area contributed by atoms with Crippen molar-refractivity contribution in [1.29, 1.82) is 0 Å². The van der Waals surface area contributed by atoms with Crippen molar-refractivity contribution >= 4 is 27.5 Å². The van der Waals surface area contributed by atoms with Gasteiger partial charge in [-0.2, -0.15) is 0 Å². The van der Waals surface area contributed by atoms with Gasteiger partial charge in [-0.05, 0) is 23.8 Å². The number of nitrogens with zero attached hydrogens (tertiary/aromatic N) is 1. The molecule has 3 rings (SSSR count). The number of ether oxygens (including phenoxy) is 1. The Morgan fingerprint density at radius 1 is 1.11 bits per heavy atom. The molecular weight excluding hydrogens is 306 g/mol. The van der Waals surface area contributed by atoms with Crippen molar-refractivity contribution in [2.75, 3.05) is 11.5 Å². The number of amides is 1. The van der Waals surface area contributed by atoms with Gasteiger partial charge in [-0.3, -0.25) is 4.79 Å². The molecule has 19 heavy (non-hydrogen) atoms. The van der Waals surface area contributed by atoms with Gasteiger partial charge in [0.05, 0.1) is 12.2 Å². The summed E-state index contributed by atoms with van der Waals surface area (Å²) < 4.78 is 6.44. The van der Waals surface area contributed by atoms with E-state index in [1.165, 1.54) is 0 Å². The Morgan fingerprint density at radius 3 is 2.68 bits per heavy atom. The van der Waals surface area contributed by atoms with Crippen molar-refractivity contribution in [3.05, 3.63) is 58.6 Å². The van der Waals surface area contributed by atoms with Gasteiger partial charge in [0.25, 0.3) is 5.91 Å². The molecule has 0 radical (unpaired) electrons. The molecule has 0 bridgehead atoms. The number of anilines is 1. The number of hydrogen-bond acceptors (Lipinski definition) is 2. The smallest absolute Gasteiger partial charge is 0.265 e. The van der Waals surface area contributed by atoms with E-state index in [-0.39, 0.29) is 12.5 Å². The fraction of sp³-hybridized carbons (Fsp3) is 0.133. The molecule has 0 atom stereocenters. The van der Waals surface area contributed by atoms with Gasteiger partial charge in [0.1, 0.15) is 5.75 Å². The molecule has 0 aromatic heterocycles. The van der Waals surface area contributed by atoms with Gasteiger partial charge >= 0.3 is 0 Å². The predicted molar refractivity (Wildman–Crippen MR) is 77.3 cm³/mol. The van der Waals surface area contributed by atoms with Crippen molar-refractivity contribution in [1.82, 2.24) is 0 Å². The lowest BCUT2D eigenvalue weighted by Gasteiger charge is -2.29. The number of carbonyl (C=O) groups is 1. The Hall–Kier alpha value is -1.81. The van der Waals surface area contributed by atoms with Crippen molar-refractivity contribution < 1.29 is 9.53 Å². The maximum absolute atomic E-state index is 12.1. The molecule has 96 valence electrons. The monoisotopic (exact) mass is 317 g/mol. The minimum Gasteiger partial charge on any atom is -0.482 e. The van der Waals surface area contributed by atoms with Gasteiger partial charge in [0, 0.05) is 4.47 Å². The summed E-state index contributed by atoms with van der Waals surface area (Å²) in [5, 5.41) is 0. The van der Waals surface area contributed by atoms with Crippen LogP contribution >= 0.6 is 15.9 Å². The average molecular weight is 318 g/mol. The lowest BCUT2D eigenvalue weighted by Crippen LogP contribution is -2.38. The molecule has 0 saturated carbocycles. The van der Waals surface area contributed by atoms with Crippen LogP contribution in [0.25, 0.3) is 0 Å². The molecule has 1 aliphatic rings. The van der Waals surface area contributed by atoms with Crippen molar-refractivity contribution in [3.63, 3.8) is 0 Å². The van der Waals surface area contributed by atoms with Crippen LogP contribution in [0.5, 0.6) is 5.75 Å². The first-order valence-electron chi connectivity index (χ1n) is 6.01. The van der Waals surface area contributed by atoms with Gasteiger partial charge in [0.15, 0.2) is 6.61 Å². The molecule has 1 aliphatic heterocycles. The summed E-state index contributed by atoms with van der Waals surface area (Å²) in [6.07, 6.45) is 0. The van der Waals surface area contributed by atoms with E-state index in [0.29, 0.717) is 6.54 Å². The largest absolute Gasteiger partial charge is 0.482 e. The third-order valence-electron chi connectivity index (χ3n) is 3.09. The number of fused-ring (bicyclic) bond motifs is 1. The Morgan fingerprint density at radius 2 is 1.84 bits per heavy atom. The molecule has 0 fully saturated rings. The number of hydrogen-bond donors (Lipinski definition) is 0. The van der Waals surface area contributed by atoms with Crippen LogP contribution in [-0.4, -0.2) is 12.5 Å². The topological polar surface area (TPSA) is 29.5 Å². The number of rotatable bonds is 2. The highest BCUT2D eigenvalue weighted by atomic mass is 79.9. The van der Waals surface area contributed by atoms with Crippen LogP contribution in [0.2, 0.25) is 0 Å². The Balaban J connectivity index is 1.96. The Labute approximate surface area is 119 Å². The molecule has 4 heteroatoms. The highest BCUT2D eigenvalue weighted by molar-refractivity contribution is 9.10. The normalized spacial score (nSPS) is 13.9. The molecule has 2 aromatic carbocycles. The van der Waals surface area contributed by atoms with Crippen LogP contribution in [0.15, 0.2) is 53.0 Å². The van der Waals surface area contributed by atoms with E-state index in [4.69, 9.17) is 4.74 Å². The van der Waals surface area contributed by atoms with Crippen LogP contribution in [0.4, 0.5) is 5.69 Å². The minimum atomic E-state index is -0.0190. The van der Waals surface area contributed by atoms with Crippen molar-refractivity contribution in [2.45, 2.75) is 6.54 Å². The summed E-state index contributed by atoms with van der Waals surface area (Å²) in [5.74, 6) is 0.739. The second-order valence-corrected chi connectivity index (χ2v) is 5.18. The molecule has 3 nitrogen and oxygen atoms in total. The van der Waals surface area contributed by atoms with E-state index >= 15 is 0 Å². The summed E-state index contributed by atoms with van der Waals surface area (Å²) in [6.45, 7) is 0.641. The van der Waals surface area contributed by atoms with Crippen LogP contribution in [0.1, 0.15) is 5.56 Å². The van der Waals surface area contributed by atoms with E-state index in [9.17, 15) is 4.79 Å². The zero-order valence-electron chi connectivity index (χ0n) is 10.2. The molecule has 0 aliphatic carbocycles. The summed E-state index contributed by atoms with van der Waals surface area (Å²) in [5.41, 5.74) is 1.90. The van der Waals surface area contributed by atoms with Gasteiger partial charge in [-0.25, -0.2) is 0 Å². The number of halogens is 1. The quantitative estimate of drug-likeness (QED) is 0.850. The summed E-state index contributed by atoms with van der Waals surface area (Å²) in [4.78, 5) is 13.8. The van der Waals surface area contributed by atoms with Crippen molar-refractivity contribution in [3.8, 4) is 5.75 Å². The molecule has 0 spiro atoms. The lowest BCUT2D eigenvalue weighted by atomic mass is 10.1. The summed E-state index contributed by atoms with van der Waals surface area (Å²) in [7, 11) is 0. The fourth-order valence-corrected chi connectivity index (χ4v) is 2.53. The summed E-state index contributed by atoms with van der Waals surface area (Å²) in [6, 6.07) is 15.5. The first kappa shape index (κ1) is 12.2. The van der Waals surface area contributed by atoms with E-state index in [0.717, 1.165) is 21.5 Å². The predicted octanol–water partition coefficient (Wildman–Crippen LogP) is 3.37. The second kappa shape index (κ2) is 5.05. The third-order valence-corrected chi connectivity index (χ3v) is 3.87. The molecule has 0 saturated heterocycles.